The van der Waals surface area contributed by atoms with Crippen LogP contribution in [0.3, 0.4) is 0 Å². The summed E-state index contributed by atoms with van der Waals surface area (Å²) in [6, 6.07) is 4.55. The van der Waals surface area contributed by atoms with Crippen LogP contribution < -0.4 is 10.5 Å². The summed E-state index contributed by atoms with van der Waals surface area (Å²) in [5.41, 5.74) is 8.41. The van der Waals surface area contributed by atoms with Gasteiger partial charge in [0.15, 0.2) is 0 Å². The summed E-state index contributed by atoms with van der Waals surface area (Å²) in [5.74, 6) is 1.02. The molecule has 1 atom stereocenters. The van der Waals surface area contributed by atoms with Gasteiger partial charge in [-0.2, -0.15) is 0 Å². The normalized spacial score (nSPS) is 16.7. The summed E-state index contributed by atoms with van der Waals surface area (Å²) < 4.78 is 6.70. The number of benzene rings is 1. The Hall–Kier alpha value is -0.540. The van der Waals surface area contributed by atoms with Gasteiger partial charge in [-0.3, -0.25) is 0 Å². The number of rotatable bonds is 2. The first kappa shape index (κ1) is 11.0. The molecule has 3 heteroatoms. The van der Waals surface area contributed by atoms with Crippen molar-refractivity contribution in [3.05, 3.63) is 27.7 Å². The molecule has 1 aliphatic rings. The SMILES string of the molecule is CC(N)Cc1cc(Br)c2c(c1)CCCO2. The van der Waals surface area contributed by atoms with Gasteiger partial charge in [0, 0.05) is 6.04 Å². The molecule has 1 aromatic carbocycles. The second-order valence-electron chi connectivity index (χ2n) is 4.20. The lowest BCUT2D eigenvalue weighted by Crippen LogP contribution is -2.18. The third kappa shape index (κ3) is 2.52. The van der Waals surface area contributed by atoms with E-state index in [9.17, 15) is 0 Å². The Morgan fingerprint density at radius 1 is 1.53 bits per heavy atom. The minimum atomic E-state index is 0.208. The van der Waals surface area contributed by atoms with E-state index in [1.54, 1.807) is 0 Å². The molecule has 2 nitrogen and oxygen atoms in total. The number of hydrogen-bond donors (Lipinski definition) is 1. The van der Waals surface area contributed by atoms with E-state index in [4.69, 9.17) is 10.5 Å². The maximum Gasteiger partial charge on any atom is 0.136 e. The van der Waals surface area contributed by atoms with Crippen LogP contribution in [0.15, 0.2) is 16.6 Å². The highest BCUT2D eigenvalue weighted by atomic mass is 79.9. The van der Waals surface area contributed by atoms with Crippen LogP contribution in [0, 0.1) is 0 Å². The molecule has 1 aromatic rings. The van der Waals surface area contributed by atoms with Crippen LogP contribution >= 0.6 is 15.9 Å². The van der Waals surface area contributed by atoms with Crippen molar-refractivity contribution in [2.75, 3.05) is 6.61 Å². The minimum Gasteiger partial charge on any atom is -0.492 e. The van der Waals surface area contributed by atoms with E-state index < -0.39 is 0 Å². The van der Waals surface area contributed by atoms with Gasteiger partial charge in [-0.1, -0.05) is 6.07 Å². The van der Waals surface area contributed by atoms with Crippen LogP contribution in [0.2, 0.25) is 0 Å². The molecule has 0 saturated heterocycles. The van der Waals surface area contributed by atoms with Crippen molar-refractivity contribution < 1.29 is 4.74 Å². The molecule has 15 heavy (non-hydrogen) atoms. The van der Waals surface area contributed by atoms with E-state index in [2.05, 4.69) is 28.1 Å². The van der Waals surface area contributed by atoms with E-state index in [0.29, 0.717) is 0 Å². The molecule has 82 valence electrons. The van der Waals surface area contributed by atoms with Crippen molar-refractivity contribution in [1.29, 1.82) is 0 Å². The summed E-state index contributed by atoms with van der Waals surface area (Å²) in [5, 5.41) is 0. The van der Waals surface area contributed by atoms with Crippen molar-refractivity contribution in [1.82, 2.24) is 0 Å². The molecule has 0 radical (unpaired) electrons. The number of ether oxygens (including phenoxy) is 1. The quantitative estimate of drug-likeness (QED) is 0.896. The van der Waals surface area contributed by atoms with E-state index in [-0.39, 0.29) is 6.04 Å². The standard InChI is InChI=1S/C12H16BrNO/c1-8(14)5-9-6-10-3-2-4-15-12(10)11(13)7-9/h6-8H,2-5,14H2,1H3. The summed E-state index contributed by atoms with van der Waals surface area (Å²) in [6.45, 7) is 2.86. The Balaban J connectivity index is 2.32. The predicted molar refractivity (Wildman–Crippen MR) is 65.3 cm³/mol. The smallest absolute Gasteiger partial charge is 0.136 e. The Labute approximate surface area is 98.9 Å². The van der Waals surface area contributed by atoms with Crippen molar-refractivity contribution in [3.63, 3.8) is 0 Å². The minimum absolute atomic E-state index is 0.208. The number of halogens is 1. The van der Waals surface area contributed by atoms with Crippen molar-refractivity contribution in [2.24, 2.45) is 5.73 Å². The number of aryl methyl sites for hydroxylation is 1. The van der Waals surface area contributed by atoms with E-state index in [1.807, 2.05) is 6.92 Å². The lowest BCUT2D eigenvalue weighted by Gasteiger charge is -2.20. The highest BCUT2D eigenvalue weighted by Crippen LogP contribution is 2.34. The molecule has 0 saturated carbocycles. The highest BCUT2D eigenvalue weighted by molar-refractivity contribution is 9.10. The Kier molecular flexibility index (Phi) is 3.32. The van der Waals surface area contributed by atoms with Gasteiger partial charge >= 0.3 is 0 Å². The fraction of sp³-hybridized carbons (Fsp3) is 0.500. The third-order valence-electron chi connectivity index (χ3n) is 2.57. The predicted octanol–water partition coefficient (Wildman–Crippen LogP) is 2.66. The van der Waals surface area contributed by atoms with Gasteiger partial charge in [-0.25, -0.2) is 0 Å². The van der Waals surface area contributed by atoms with Gasteiger partial charge in [0.25, 0.3) is 0 Å². The zero-order chi connectivity index (χ0) is 10.8. The highest BCUT2D eigenvalue weighted by Gasteiger charge is 2.15. The van der Waals surface area contributed by atoms with Gasteiger partial charge in [0.2, 0.25) is 0 Å². The fourth-order valence-corrected chi connectivity index (χ4v) is 2.65. The maximum absolute atomic E-state index is 5.80. The molecule has 2 N–H and O–H groups in total. The molecule has 0 aromatic heterocycles. The first-order valence-corrected chi connectivity index (χ1v) is 6.16. The Bertz CT molecular complexity index is 363. The van der Waals surface area contributed by atoms with Crippen LogP contribution in [0.25, 0.3) is 0 Å². The molecule has 0 amide bonds. The average Bonchev–Trinajstić information content (AvgIpc) is 2.16. The zero-order valence-corrected chi connectivity index (χ0v) is 10.5. The van der Waals surface area contributed by atoms with Gasteiger partial charge < -0.3 is 10.5 Å². The number of nitrogens with two attached hydrogens (primary N) is 1. The molecular weight excluding hydrogens is 254 g/mol. The molecule has 0 fully saturated rings. The van der Waals surface area contributed by atoms with Gasteiger partial charge in [0.1, 0.15) is 5.75 Å². The third-order valence-corrected chi connectivity index (χ3v) is 3.16. The van der Waals surface area contributed by atoms with Crippen LogP contribution in [0.4, 0.5) is 0 Å². The summed E-state index contributed by atoms with van der Waals surface area (Å²) in [6.07, 6.45) is 3.15. The summed E-state index contributed by atoms with van der Waals surface area (Å²) in [7, 11) is 0. The molecule has 0 bridgehead atoms. The maximum atomic E-state index is 5.80. The fourth-order valence-electron chi connectivity index (χ4n) is 1.99. The first-order valence-electron chi connectivity index (χ1n) is 5.36. The van der Waals surface area contributed by atoms with E-state index in [0.717, 1.165) is 36.1 Å². The molecule has 1 heterocycles. The molecular formula is C12H16BrNO. The van der Waals surface area contributed by atoms with Gasteiger partial charge in [-0.05, 0) is 59.3 Å². The van der Waals surface area contributed by atoms with Crippen LogP contribution in [0.5, 0.6) is 5.75 Å². The topological polar surface area (TPSA) is 35.2 Å². The Morgan fingerprint density at radius 2 is 2.33 bits per heavy atom. The largest absolute Gasteiger partial charge is 0.492 e. The first-order chi connectivity index (χ1) is 7.16. The lowest BCUT2D eigenvalue weighted by atomic mass is 10.00. The van der Waals surface area contributed by atoms with Crippen molar-refractivity contribution >= 4 is 15.9 Å². The lowest BCUT2D eigenvalue weighted by molar-refractivity contribution is 0.286. The van der Waals surface area contributed by atoms with Crippen molar-refractivity contribution in [3.8, 4) is 5.75 Å². The van der Waals surface area contributed by atoms with Crippen LogP contribution in [-0.2, 0) is 12.8 Å². The molecule has 1 unspecified atom stereocenters. The molecule has 0 spiro atoms. The van der Waals surface area contributed by atoms with E-state index in [1.165, 1.54) is 11.1 Å². The second-order valence-corrected chi connectivity index (χ2v) is 5.05. The Morgan fingerprint density at radius 3 is 3.07 bits per heavy atom. The monoisotopic (exact) mass is 269 g/mol. The molecule has 2 rings (SSSR count). The molecule has 0 aliphatic carbocycles. The van der Waals surface area contributed by atoms with Gasteiger partial charge in [0.05, 0.1) is 11.1 Å². The van der Waals surface area contributed by atoms with Crippen LogP contribution in [-0.4, -0.2) is 12.6 Å². The zero-order valence-electron chi connectivity index (χ0n) is 8.92. The number of hydrogen-bond acceptors (Lipinski definition) is 2. The van der Waals surface area contributed by atoms with Crippen molar-refractivity contribution in [2.45, 2.75) is 32.2 Å². The second kappa shape index (κ2) is 4.54. The number of fused-ring (bicyclic) bond motifs is 1. The van der Waals surface area contributed by atoms with Crippen LogP contribution in [0.1, 0.15) is 24.5 Å². The summed E-state index contributed by atoms with van der Waals surface area (Å²) in [4.78, 5) is 0. The average molecular weight is 270 g/mol. The molecule has 1 aliphatic heterocycles. The summed E-state index contributed by atoms with van der Waals surface area (Å²) >= 11 is 3.56. The van der Waals surface area contributed by atoms with Gasteiger partial charge in [-0.15, -0.1) is 0 Å². The van der Waals surface area contributed by atoms with E-state index >= 15 is 0 Å².